The average molecular weight is 281 g/mol. The van der Waals surface area contributed by atoms with E-state index in [0.29, 0.717) is 11.4 Å². The molecule has 0 aliphatic carbocycles. The fraction of sp³-hybridized carbons (Fsp3) is 0.385. The van der Waals surface area contributed by atoms with Crippen molar-refractivity contribution >= 4 is 17.4 Å². The highest BCUT2D eigenvalue weighted by molar-refractivity contribution is 5.97. The molecular formula is C13H19N3O4. The zero-order valence-corrected chi connectivity index (χ0v) is 11.7. The standard InChI is InChI=1S/C13H19N3O4/c1-13(2,19-3)12(17)15-9-6-4-5-7-10(9)20-8-11(14)16-18/h4-7,18H,8H2,1-3H3,(H2,14,16)(H,15,17). The molecule has 1 rings (SSSR count). The van der Waals surface area contributed by atoms with Gasteiger partial charge in [-0.3, -0.25) is 4.79 Å². The van der Waals surface area contributed by atoms with Crippen LogP contribution in [0.25, 0.3) is 0 Å². The Morgan fingerprint density at radius 1 is 1.45 bits per heavy atom. The Morgan fingerprint density at radius 2 is 2.10 bits per heavy atom. The Bertz CT molecular complexity index is 500. The molecule has 20 heavy (non-hydrogen) atoms. The van der Waals surface area contributed by atoms with Crippen LogP contribution in [-0.4, -0.2) is 36.3 Å². The predicted octanol–water partition coefficient (Wildman–Crippen LogP) is 1.18. The molecule has 110 valence electrons. The summed E-state index contributed by atoms with van der Waals surface area (Å²) in [5, 5.41) is 14.0. The smallest absolute Gasteiger partial charge is 0.256 e. The van der Waals surface area contributed by atoms with Gasteiger partial charge in [0.2, 0.25) is 0 Å². The quantitative estimate of drug-likeness (QED) is 0.314. The van der Waals surface area contributed by atoms with Gasteiger partial charge in [0.1, 0.15) is 18.0 Å². The number of para-hydroxylation sites is 2. The lowest BCUT2D eigenvalue weighted by atomic mass is 10.1. The predicted molar refractivity (Wildman–Crippen MR) is 75.1 cm³/mol. The first-order valence-electron chi connectivity index (χ1n) is 5.95. The lowest BCUT2D eigenvalue weighted by Crippen LogP contribution is -2.38. The maximum absolute atomic E-state index is 12.0. The topological polar surface area (TPSA) is 106 Å². The molecule has 0 aliphatic rings. The van der Waals surface area contributed by atoms with Gasteiger partial charge in [0.25, 0.3) is 5.91 Å². The fourth-order valence-electron chi connectivity index (χ4n) is 1.24. The van der Waals surface area contributed by atoms with E-state index in [1.807, 2.05) is 0 Å². The largest absolute Gasteiger partial charge is 0.483 e. The van der Waals surface area contributed by atoms with Crippen molar-refractivity contribution in [3.05, 3.63) is 24.3 Å². The summed E-state index contributed by atoms with van der Waals surface area (Å²) >= 11 is 0. The molecule has 1 aromatic carbocycles. The average Bonchev–Trinajstić information content (AvgIpc) is 2.45. The highest BCUT2D eigenvalue weighted by atomic mass is 16.5. The molecule has 0 saturated carbocycles. The molecule has 7 nitrogen and oxygen atoms in total. The number of carbonyl (C=O) groups excluding carboxylic acids is 1. The molecule has 1 amide bonds. The van der Waals surface area contributed by atoms with E-state index in [1.54, 1.807) is 38.1 Å². The van der Waals surface area contributed by atoms with E-state index in [1.165, 1.54) is 7.11 Å². The van der Waals surface area contributed by atoms with Crippen molar-refractivity contribution in [2.75, 3.05) is 19.0 Å². The number of rotatable bonds is 6. The number of hydrogen-bond acceptors (Lipinski definition) is 5. The summed E-state index contributed by atoms with van der Waals surface area (Å²) in [7, 11) is 1.46. The Morgan fingerprint density at radius 3 is 2.70 bits per heavy atom. The normalized spacial score (nSPS) is 12.1. The molecule has 0 aromatic heterocycles. The molecule has 0 fully saturated rings. The molecule has 0 bridgehead atoms. The van der Waals surface area contributed by atoms with Crippen molar-refractivity contribution in [1.82, 2.24) is 0 Å². The molecule has 0 heterocycles. The van der Waals surface area contributed by atoms with E-state index in [4.69, 9.17) is 20.4 Å². The minimum Gasteiger partial charge on any atom is -0.483 e. The van der Waals surface area contributed by atoms with E-state index in [2.05, 4.69) is 10.5 Å². The molecule has 0 saturated heterocycles. The lowest BCUT2D eigenvalue weighted by molar-refractivity contribution is -0.133. The van der Waals surface area contributed by atoms with Crippen LogP contribution >= 0.6 is 0 Å². The Balaban J connectivity index is 2.83. The highest BCUT2D eigenvalue weighted by Crippen LogP contribution is 2.25. The number of hydrogen-bond donors (Lipinski definition) is 3. The maximum atomic E-state index is 12.0. The third-order valence-corrected chi connectivity index (χ3v) is 2.70. The Hall–Kier alpha value is -2.28. The molecular weight excluding hydrogens is 262 g/mol. The van der Waals surface area contributed by atoms with Gasteiger partial charge in [-0.1, -0.05) is 17.3 Å². The van der Waals surface area contributed by atoms with Crippen LogP contribution in [0, 0.1) is 0 Å². The van der Waals surface area contributed by atoms with E-state index < -0.39 is 5.60 Å². The Kier molecular flexibility index (Phi) is 5.33. The third kappa shape index (κ3) is 4.13. The van der Waals surface area contributed by atoms with Gasteiger partial charge >= 0.3 is 0 Å². The van der Waals surface area contributed by atoms with Gasteiger partial charge in [0.05, 0.1) is 5.69 Å². The summed E-state index contributed by atoms with van der Waals surface area (Å²) in [5.74, 6) is 0.0440. The van der Waals surface area contributed by atoms with Crippen molar-refractivity contribution in [2.24, 2.45) is 10.9 Å². The number of oxime groups is 1. The van der Waals surface area contributed by atoms with Crippen LogP contribution in [0.2, 0.25) is 0 Å². The number of nitrogens with zero attached hydrogens (tertiary/aromatic N) is 1. The number of carbonyl (C=O) groups is 1. The van der Waals surface area contributed by atoms with Gasteiger partial charge in [-0.2, -0.15) is 0 Å². The van der Waals surface area contributed by atoms with Gasteiger partial charge < -0.3 is 25.7 Å². The number of nitrogens with one attached hydrogen (secondary N) is 1. The summed E-state index contributed by atoms with van der Waals surface area (Å²) in [6.45, 7) is 3.22. The number of methoxy groups -OCH3 is 1. The second kappa shape index (κ2) is 6.76. The molecule has 0 radical (unpaired) electrons. The first kappa shape index (κ1) is 15.8. The second-order valence-corrected chi connectivity index (χ2v) is 4.54. The van der Waals surface area contributed by atoms with E-state index in [-0.39, 0.29) is 18.3 Å². The minimum absolute atomic E-state index is 0.0663. The van der Waals surface area contributed by atoms with Gasteiger partial charge in [0, 0.05) is 7.11 Å². The van der Waals surface area contributed by atoms with Crippen molar-refractivity contribution in [2.45, 2.75) is 19.4 Å². The van der Waals surface area contributed by atoms with E-state index in [9.17, 15) is 4.79 Å². The summed E-state index contributed by atoms with van der Waals surface area (Å²) in [5.41, 5.74) is 4.85. The SMILES string of the molecule is COC(C)(C)C(=O)Nc1ccccc1OC/C(N)=N/O. The van der Waals surface area contributed by atoms with Gasteiger partial charge in [-0.05, 0) is 26.0 Å². The van der Waals surface area contributed by atoms with Crippen molar-refractivity contribution in [3.8, 4) is 5.75 Å². The van der Waals surface area contributed by atoms with Crippen LogP contribution in [0.15, 0.2) is 29.4 Å². The minimum atomic E-state index is -0.960. The first-order valence-corrected chi connectivity index (χ1v) is 5.95. The zero-order chi connectivity index (χ0) is 15.2. The zero-order valence-electron chi connectivity index (χ0n) is 11.7. The van der Waals surface area contributed by atoms with Crippen LogP contribution in [-0.2, 0) is 9.53 Å². The second-order valence-electron chi connectivity index (χ2n) is 4.54. The number of anilines is 1. The summed E-state index contributed by atoms with van der Waals surface area (Å²) in [6.07, 6.45) is 0. The number of ether oxygens (including phenoxy) is 2. The molecule has 4 N–H and O–H groups in total. The summed E-state index contributed by atoms with van der Waals surface area (Å²) in [4.78, 5) is 12.0. The highest BCUT2D eigenvalue weighted by Gasteiger charge is 2.27. The van der Waals surface area contributed by atoms with Gasteiger partial charge in [-0.15, -0.1) is 0 Å². The monoisotopic (exact) mass is 281 g/mol. The molecule has 0 atom stereocenters. The lowest BCUT2D eigenvalue weighted by Gasteiger charge is -2.22. The molecule has 1 aromatic rings. The number of amidine groups is 1. The number of amides is 1. The van der Waals surface area contributed by atoms with Crippen LogP contribution < -0.4 is 15.8 Å². The summed E-state index contributed by atoms with van der Waals surface area (Å²) < 4.78 is 10.5. The number of benzene rings is 1. The van der Waals surface area contributed by atoms with E-state index >= 15 is 0 Å². The van der Waals surface area contributed by atoms with Gasteiger partial charge in [-0.25, -0.2) is 0 Å². The van der Waals surface area contributed by atoms with Crippen LogP contribution in [0.3, 0.4) is 0 Å². The van der Waals surface area contributed by atoms with Crippen LogP contribution in [0.5, 0.6) is 5.75 Å². The maximum Gasteiger partial charge on any atom is 0.256 e. The number of nitrogens with two attached hydrogens (primary N) is 1. The Labute approximate surface area is 117 Å². The molecule has 7 heteroatoms. The summed E-state index contributed by atoms with van der Waals surface area (Å²) in [6, 6.07) is 6.86. The van der Waals surface area contributed by atoms with Crippen LogP contribution in [0.4, 0.5) is 5.69 Å². The van der Waals surface area contributed by atoms with Crippen molar-refractivity contribution < 1.29 is 19.5 Å². The van der Waals surface area contributed by atoms with Crippen molar-refractivity contribution in [3.63, 3.8) is 0 Å². The fourth-order valence-corrected chi connectivity index (χ4v) is 1.24. The van der Waals surface area contributed by atoms with Gasteiger partial charge in [0.15, 0.2) is 5.84 Å². The van der Waals surface area contributed by atoms with Crippen LogP contribution in [0.1, 0.15) is 13.8 Å². The van der Waals surface area contributed by atoms with E-state index in [0.717, 1.165) is 0 Å². The van der Waals surface area contributed by atoms with Crippen molar-refractivity contribution in [1.29, 1.82) is 0 Å². The molecule has 0 unspecified atom stereocenters. The molecule has 0 spiro atoms. The third-order valence-electron chi connectivity index (χ3n) is 2.70. The molecule has 0 aliphatic heterocycles. The first-order chi connectivity index (χ1) is 9.40.